The third kappa shape index (κ3) is 29.7. The molecule has 0 aliphatic rings. The van der Waals surface area contributed by atoms with Gasteiger partial charge in [-0.2, -0.15) is 0 Å². The highest BCUT2D eigenvalue weighted by Crippen LogP contribution is 2.14. The van der Waals surface area contributed by atoms with Crippen molar-refractivity contribution in [2.24, 2.45) is 0 Å². The maximum atomic E-state index is 12.4. The average Bonchev–Trinajstić information content (AvgIpc) is 2.91. The molecule has 0 saturated carbocycles. The lowest BCUT2D eigenvalue weighted by molar-refractivity contribution is -0.163. The van der Waals surface area contributed by atoms with Gasteiger partial charge in [0, 0.05) is 12.8 Å². The van der Waals surface area contributed by atoms with Crippen LogP contribution in [0.25, 0.3) is 0 Å². The van der Waals surface area contributed by atoms with Crippen LogP contribution in [-0.4, -0.2) is 37.4 Å². The van der Waals surface area contributed by atoms with Gasteiger partial charge in [-0.1, -0.05) is 142 Å². The van der Waals surface area contributed by atoms with E-state index >= 15 is 0 Å². The van der Waals surface area contributed by atoms with Gasteiger partial charge in [-0.3, -0.25) is 9.59 Å². The second-order valence-electron chi connectivity index (χ2n) is 11.7. The van der Waals surface area contributed by atoms with Crippen LogP contribution in [-0.2, 0) is 23.8 Å². The van der Waals surface area contributed by atoms with E-state index in [1.165, 1.54) is 116 Å². The third-order valence-corrected chi connectivity index (χ3v) is 7.31. The molecule has 0 aliphatic heterocycles. The molecule has 0 bridgehead atoms. The summed E-state index contributed by atoms with van der Waals surface area (Å²) in [4.78, 5) is 24.6. The average molecular weight is 555 g/mol. The fourth-order valence-corrected chi connectivity index (χ4v) is 4.79. The third-order valence-electron chi connectivity index (χ3n) is 7.31. The van der Waals surface area contributed by atoms with Crippen molar-refractivity contribution in [2.75, 3.05) is 13.2 Å². The number of hydrogen-bond acceptors (Lipinski definition) is 5. The Morgan fingerprint density at radius 2 is 0.846 bits per heavy atom. The maximum Gasteiger partial charge on any atom is 0.306 e. The van der Waals surface area contributed by atoms with Crippen molar-refractivity contribution in [1.82, 2.24) is 0 Å². The minimum Gasteiger partial charge on any atom is -0.462 e. The largest absolute Gasteiger partial charge is 0.462 e. The molecule has 0 aromatic rings. The van der Waals surface area contributed by atoms with Crippen molar-refractivity contribution in [3.8, 4) is 0 Å². The van der Waals surface area contributed by atoms with Crippen LogP contribution in [0.2, 0.25) is 0 Å². The van der Waals surface area contributed by atoms with Crippen molar-refractivity contribution in [2.45, 2.75) is 194 Å². The van der Waals surface area contributed by atoms with Crippen LogP contribution >= 0.6 is 0 Å². The van der Waals surface area contributed by atoms with Crippen LogP contribution < -0.4 is 0 Å². The summed E-state index contributed by atoms with van der Waals surface area (Å²) < 4.78 is 16.7. The summed E-state index contributed by atoms with van der Waals surface area (Å²) in [6.07, 6.45) is 27.9. The molecular formula is C34H66O5. The van der Waals surface area contributed by atoms with Gasteiger partial charge in [0.05, 0.1) is 12.7 Å². The molecule has 0 aliphatic carbocycles. The van der Waals surface area contributed by atoms with Crippen LogP contribution in [0.1, 0.15) is 182 Å². The predicted molar refractivity (Wildman–Crippen MR) is 164 cm³/mol. The predicted octanol–water partition coefficient (Wildman–Crippen LogP) is 10.3. The molecule has 0 unspecified atom stereocenters. The molecular weight excluding hydrogens is 488 g/mol. The lowest BCUT2D eigenvalue weighted by Gasteiger charge is -2.19. The van der Waals surface area contributed by atoms with Crippen LogP contribution in [0, 0.1) is 0 Å². The van der Waals surface area contributed by atoms with Gasteiger partial charge in [-0.05, 0) is 26.7 Å². The first-order valence-electron chi connectivity index (χ1n) is 17.0. The molecule has 0 spiro atoms. The van der Waals surface area contributed by atoms with Gasteiger partial charge in [0.1, 0.15) is 6.61 Å². The zero-order chi connectivity index (χ0) is 28.8. The van der Waals surface area contributed by atoms with E-state index in [0.717, 1.165) is 25.7 Å². The number of hydrogen-bond donors (Lipinski definition) is 0. The monoisotopic (exact) mass is 554 g/mol. The minimum atomic E-state index is -0.533. The molecule has 0 rings (SSSR count). The van der Waals surface area contributed by atoms with E-state index in [1.54, 1.807) is 0 Å². The fraction of sp³-hybridized carbons (Fsp3) is 0.941. The first kappa shape index (κ1) is 37.9. The lowest BCUT2D eigenvalue weighted by atomic mass is 10.1. The van der Waals surface area contributed by atoms with E-state index < -0.39 is 6.10 Å². The Hall–Kier alpha value is -1.10. The molecule has 0 fully saturated rings. The van der Waals surface area contributed by atoms with Crippen molar-refractivity contribution in [3.05, 3.63) is 0 Å². The fourth-order valence-electron chi connectivity index (χ4n) is 4.79. The van der Waals surface area contributed by atoms with Crippen molar-refractivity contribution in [3.63, 3.8) is 0 Å². The molecule has 0 N–H and O–H groups in total. The molecule has 0 heterocycles. The van der Waals surface area contributed by atoms with Crippen LogP contribution in [0.3, 0.4) is 0 Å². The van der Waals surface area contributed by atoms with Gasteiger partial charge >= 0.3 is 11.9 Å². The van der Waals surface area contributed by atoms with Gasteiger partial charge in [-0.15, -0.1) is 0 Å². The summed E-state index contributed by atoms with van der Waals surface area (Å²) in [5.74, 6) is -0.424. The Morgan fingerprint density at radius 3 is 1.23 bits per heavy atom. The first-order chi connectivity index (χ1) is 19.0. The van der Waals surface area contributed by atoms with Crippen LogP contribution in [0.15, 0.2) is 0 Å². The highest BCUT2D eigenvalue weighted by atomic mass is 16.6. The smallest absolute Gasteiger partial charge is 0.306 e. The Morgan fingerprint density at radius 1 is 0.487 bits per heavy atom. The zero-order valence-electron chi connectivity index (χ0n) is 26.6. The van der Waals surface area contributed by atoms with Gasteiger partial charge in [-0.25, -0.2) is 0 Å². The SMILES string of the molecule is CCCCCCCCCCCCCC(=O)OC[C@H](COC(C)C)OC(=O)CCCCCCCCCCCCC. The van der Waals surface area contributed by atoms with Crippen molar-refractivity contribution < 1.29 is 23.8 Å². The van der Waals surface area contributed by atoms with Crippen molar-refractivity contribution in [1.29, 1.82) is 0 Å². The van der Waals surface area contributed by atoms with Gasteiger partial charge in [0.25, 0.3) is 0 Å². The zero-order valence-corrected chi connectivity index (χ0v) is 26.6. The number of unbranched alkanes of at least 4 members (excludes halogenated alkanes) is 20. The van der Waals surface area contributed by atoms with E-state index in [-0.39, 0.29) is 31.3 Å². The Labute approximate surface area is 242 Å². The number of esters is 2. The number of ether oxygens (including phenoxy) is 3. The topological polar surface area (TPSA) is 61.8 Å². The van der Waals surface area contributed by atoms with E-state index in [1.807, 2.05) is 13.8 Å². The Balaban J connectivity index is 3.89. The quantitative estimate of drug-likeness (QED) is 0.0653. The molecule has 0 saturated heterocycles. The summed E-state index contributed by atoms with van der Waals surface area (Å²) in [7, 11) is 0. The molecule has 5 nitrogen and oxygen atoms in total. The molecule has 5 heteroatoms. The summed E-state index contributed by atoms with van der Waals surface area (Å²) in [5.41, 5.74) is 0. The van der Waals surface area contributed by atoms with Crippen LogP contribution in [0.4, 0.5) is 0 Å². The van der Waals surface area contributed by atoms with E-state index in [4.69, 9.17) is 14.2 Å². The Bertz CT molecular complexity index is 534. The molecule has 0 aromatic carbocycles. The molecule has 0 radical (unpaired) electrons. The van der Waals surface area contributed by atoms with Crippen molar-refractivity contribution >= 4 is 11.9 Å². The molecule has 0 amide bonds. The minimum absolute atomic E-state index is 0.0323. The van der Waals surface area contributed by atoms with E-state index in [0.29, 0.717) is 12.8 Å². The number of carbonyl (C=O) groups is 2. The van der Waals surface area contributed by atoms with Gasteiger partial charge < -0.3 is 14.2 Å². The van der Waals surface area contributed by atoms with Crippen LogP contribution in [0.5, 0.6) is 0 Å². The summed E-state index contributed by atoms with van der Waals surface area (Å²) in [6.45, 7) is 8.74. The molecule has 39 heavy (non-hydrogen) atoms. The number of rotatable bonds is 30. The number of carbonyl (C=O) groups excluding carboxylic acids is 2. The molecule has 1 atom stereocenters. The highest BCUT2D eigenvalue weighted by molar-refractivity contribution is 5.70. The highest BCUT2D eigenvalue weighted by Gasteiger charge is 2.18. The second kappa shape index (κ2) is 29.9. The first-order valence-corrected chi connectivity index (χ1v) is 17.0. The molecule has 0 aromatic heterocycles. The van der Waals surface area contributed by atoms with Gasteiger partial charge in [0.15, 0.2) is 6.10 Å². The molecule has 232 valence electrons. The summed E-state index contributed by atoms with van der Waals surface area (Å²) >= 11 is 0. The standard InChI is InChI=1S/C34H66O5/c1-5-7-9-11-13-15-17-19-21-23-25-27-33(35)38-30-32(29-37-31(3)4)39-34(36)28-26-24-22-20-18-16-14-12-10-8-6-2/h31-32H,5-30H2,1-4H3/t32-/m0/s1. The normalized spacial score (nSPS) is 12.1. The Kier molecular flexibility index (Phi) is 29.0. The lowest BCUT2D eigenvalue weighted by Crippen LogP contribution is -2.30. The second-order valence-corrected chi connectivity index (χ2v) is 11.7. The van der Waals surface area contributed by atoms with Gasteiger partial charge in [0.2, 0.25) is 0 Å². The van der Waals surface area contributed by atoms with E-state index in [2.05, 4.69) is 13.8 Å². The summed E-state index contributed by atoms with van der Waals surface area (Å²) in [6, 6.07) is 0. The maximum absolute atomic E-state index is 12.4. The van der Waals surface area contributed by atoms with E-state index in [9.17, 15) is 9.59 Å². The summed E-state index contributed by atoms with van der Waals surface area (Å²) in [5, 5.41) is 0.